The highest BCUT2D eigenvalue weighted by molar-refractivity contribution is 7.92. The lowest BCUT2D eigenvalue weighted by Crippen LogP contribution is -2.12. The number of aryl methyl sites for hydroxylation is 1. The zero-order chi connectivity index (χ0) is 18.4. The Balaban J connectivity index is 1.58. The molecule has 0 aliphatic heterocycles. The molecule has 0 saturated heterocycles. The molecule has 0 aliphatic rings. The fourth-order valence-electron chi connectivity index (χ4n) is 2.37. The number of nitrogens with zero attached hydrogens (tertiary/aromatic N) is 1. The smallest absolute Gasteiger partial charge is 0.261 e. The SMILES string of the molecule is Cc1ccc(S(=O)(=O)Nc2ccc(OCCc3ccccn3)cc2)cc1. The second kappa shape index (κ2) is 8.01. The molecule has 3 rings (SSSR count). The summed E-state index contributed by atoms with van der Waals surface area (Å²) in [6.07, 6.45) is 2.47. The first-order chi connectivity index (χ1) is 12.5. The lowest BCUT2D eigenvalue weighted by molar-refractivity contribution is 0.320. The van der Waals surface area contributed by atoms with E-state index in [-0.39, 0.29) is 4.90 Å². The van der Waals surface area contributed by atoms with E-state index in [0.717, 1.165) is 11.3 Å². The molecule has 134 valence electrons. The van der Waals surface area contributed by atoms with Gasteiger partial charge >= 0.3 is 0 Å². The molecule has 1 heterocycles. The van der Waals surface area contributed by atoms with Crippen LogP contribution < -0.4 is 9.46 Å². The zero-order valence-electron chi connectivity index (χ0n) is 14.4. The summed E-state index contributed by atoms with van der Waals surface area (Å²) in [4.78, 5) is 4.48. The fourth-order valence-corrected chi connectivity index (χ4v) is 3.43. The molecule has 2 aromatic carbocycles. The molecule has 1 N–H and O–H groups in total. The Labute approximate surface area is 153 Å². The summed E-state index contributed by atoms with van der Waals surface area (Å²) >= 11 is 0. The third-order valence-corrected chi connectivity index (χ3v) is 5.19. The number of aromatic nitrogens is 1. The van der Waals surface area contributed by atoms with Crippen LogP contribution in [0.5, 0.6) is 5.75 Å². The summed E-state index contributed by atoms with van der Waals surface area (Å²) in [5.74, 6) is 0.680. The average molecular weight is 368 g/mol. The van der Waals surface area contributed by atoms with E-state index in [2.05, 4.69) is 9.71 Å². The number of hydrogen-bond donors (Lipinski definition) is 1. The van der Waals surface area contributed by atoms with E-state index in [0.29, 0.717) is 24.5 Å². The summed E-state index contributed by atoms with van der Waals surface area (Å²) in [6, 6.07) is 19.3. The van der Waals surface area contributed by atoms with Crippen LogP contribution in [0.4, 0.5) is 5.69 Å². The number of sulfonamides is 1. The number of benzene rings is 2. The van der Waals surface area contributed by atoms with Crippen molar-refractivity contribution in [3.63, 3.8) is 0 Å². The summed E-state index contributed by atoms with van der Waals surface area (Å²) in [5, 5.41) is 0. The van der Waals surface area contributed by atoms with Crippen LogP contribution >= 0.6 is 0 Å². The van der Waals surface area contributed by atoms with Crippen molar-refractivity contribution in [1.29, 1.82) is 0 Å². The number of ether oxygens (including phenoxy) is 1. The van der Waals surface area contributed by atoms with Crippen molar-refractivity contribution in [2.24, 2.45) is 0 Å². The van der Waals surface area contributed by atoms with Crippen LogP contribution in [0.2, 0.25) is 0 Å². The first-order valence-electron chi connectivity index (χ1n) is 8.25. The lowest BCUT2D eigenvalue weighted by Gasteiger charge is -2.10. The van der Waals surface area contributed by atoms with Gasteiger partial charge in [0, 0.05) is 24.0 Å². The monoisotopic (exact) mass is 368 g/mol. The molecule has 0 atom stereocenters. The van der Waals surface area contributed by atoms with Crippen molar-refractivity contribution in [1.82, 2.24) is 4.98 Å². The molecule has 0 amide bonds. The minimum atomic E-state index is -3.59. The summed E-state index contributed by atoms with van der Waals surface area (Å²) in [5.41, 5.74) is 2.47. The van der Waals surface area contributed by atoms with E-state index in [1.54, 1.807) is 54.7 Å². The standard InChI is InChI=1S/C20H20N2O3S/c1-16-5-11-20(12-6-16)26(23,24)22-18-7-9-19(10-8-18)25-15-13-17-4-2-3-14-21-17/h2-12,14,22H,13,15H2,1H3. The van der Waals surface area contributed by atoms with Gasteiger partial charge in [0.25, 0.3) is 10.0 Å². The van der Waals surface area contributed by atoms with Crippen LogP contribution in [0.15, 0.2) is 77.8 Å². The molecule has 3 aromatic rings. The summed E-state index contributed by atoms with van der Waals surface area (Å²) in [7, 11) is -3.59. The molecule has 0 fully saturated rings. The second-order valence-corrected chi connectivity index (χ2v) is 7.54. The van der Waals surface area contributed by atoms with Crippen LogP contribution in [0.3, 0.4) is 0 Å². The third-order valence-electron chi connectivity index (χ3n) is 3.79. The molecule has 0 spiro atoms. The van der Waals surface area contributed by atoms with Crippen LogP contribution in [-0.4, -0.2) is 20.0 Å². The zero-order valence-corrected chi connectivity index (χ0v) is 15.2. The number of hydrogen-bond acceptors (Lipinski definition) is 4. The second-order valence-electron chi connectivity index (χ2n) is 5.86. The predicted molar refractivity (Wildman–Crippen MR) is 102 cm³/mol. The minimum absolute atomic E-state index is 0.235. The predicted octanol–water partition coefficient (Wildman–Crippen LogP) is 3.81. The van der Waals surface area contributed by atoms with E-state index < -0.39 is 10.0 Å². The van der Waals surface area contributed by atoms with Gasteiger partial charge in [-0.1, -0.05) is 23.8 Å². The highest BCUT2D eigenvalue weighted by Crippen LogP contribution is 2.20. The fraction of sp³-hybridized carbons (Fsp3) is 0.150. The van der Waals surface area contributed by atoms with Gasteiger partial charge in [0.05, 0.1) is 11.5 Å². The maximum Gasteiger partial charge on any atom is 0.261 e. The van der Waals surface area contributed by atoms with E-state index in [9.17, 15) is 8.42 Å². The van der Waals surface area contributed by atoms with Gasteiger partial charge in [-0.15, -0.1) is 0 Å². The molecule has 0 unspecified atom stereocenters. The van der Waals surface area contributed by atoms with Crippen molar-refractivity contribution in [2.75, 3.05) is 11.3 Å². The van der Waals surface area contributed by atoms with Crippen molar-refractivity contribution in [3.05, 3.63) is 84.2 Å². The minimum Gasteiger partial charge on any atom is -0.493 e. The van der Waals surface area contributed by atoms with Crippen LogP contribution in [0.1, 0.15) is 11.3 Å². The third kappa shape index (κ3) is 4.83. The van der Waals surface area contributed by atoms with Crippen LogP contribution in [0.25, 0.3) is 0 Å². The average Bonchev–Trinajstić information content (AvgIpc) is 2.64. The van der Waals surface area contributed by atoms with Gasteiger partial charge in [-0.3, -0.25) is 9.71 Å². The Morgan fingerprint density at radius 3 is 2.35 bits per heavy atom. The highest BCUT2D eigenvalue weighted by Gasteiger charge is 2.13. The molecule has 5 nitrogen and oxygen atoms in total. The molecule has 0 aliphatic carbocycles. The number of nitrogens with one attached hydrogen (secondary N) is 1. The molecular formula is C20H20N2O3S. The Kier molecular flexibility index (Phi) is 5.53. The quantitative estimate of drug-likeness (QED) is 0.688. The van der Waals surface area contributed by atoms with Crippen LogP contribution in [-0.2, 0) is 16.4 Å². The molecule has 6 heteroatoms. The number of rotatable bonds is 7. The Morgan fingerprint density at radius 2 is 1.69 bits per heavy atom. The Bertz CT molecular complexity index is 939. The maximum absolute atomic E-state index is 12.4. The number of pyridine rings is 1. The number of anilines is 1. The molecular weight excluding hydrogens is 348 g/mol. The van der Waals surface area contributed by atoms with Gasteiger partial charge in [0.1, 0.15) is 5.75 Å². The van der Waals surface area contributed by atoms with Crippen molar-refractivity contribution >= 4 is 15.7 Å². The maximum atomic E-state index is 12.4. The van der Waals surface area contributed by atoms with Gasteiger partial charge in [-0.2, -0.15) is 0 Å². The first kappa shape index (κ1) is 17.9. The van der Waals surface area contributed by atoms with Gasteiger partial charge < -0.3 is 4.74 Å². The van der Waals surface area contributed by atoms with E-state index in [4.69, 9.17) is 4.74 Å². The highest BCUT2D eigenvalue weighted by atomic mass is 32.2. The molecule has 1 aromatic heterocycles. The summed E-state index contributed by atoms with van der Waals surface area (Å²) in [6.45, 7) is 2.42. The molecule has 0 saturated carbocycles. The van der Waals surface area contributed by atoms with E-state index >= 15 is 0 Å². The van der Waals surface area contributed by atoms with Crippen LogP contribution in [0, 0.1) is 6.92 Å². The summed E-state index contributed by atoms with van der Waals surface area (Å²) < 4.78 is 33.0. The molecule has 0 bridgehead atoms. The Morgan fingerprint density at radius 1 is 0.962 bits per heavy atom. The van der Waals surface area contributed by atoms with E-state index in [1.807, 2.05) is 25.1 Å². The van der Waals surface area contributed by atoms with Gasteiger partial charge in [0.2, 0.25) is 0 Å². The topological polar surface area (TPSA) is 68.3 Å². The van der Waals surface area contributed by atoms with Crippen molar-refractivity contribution in [3.8, 4) is 5.75 Å². The van der Waals surface area contributed by atoms with Crippen molar-refractivity contribution in [2.45, 2.75) is 18.2 Å². The Hall–Kier alpha value is -2.86. The molecule has 26 heavy (non-hydrogen) atoms. The van der Waals surface area contributed by atoms with Crippen molar-refractivity contribution < 1.29 is 13.2 Å². The molecule has 0 radical (unpaired) electrons. The first-order valence-corrected chi connectivity index (χ1v) is 9.73. The van der Waals surface area contributed by atoms with Gasteiger partial charge in [-0.25, -0.2) is 8.42 Å². The van der Waals surface area contributed by atoms with Gasteiger partial charge in [0.15, 0.2) is 0 Å². The van der Waals surface area contributed by atoms with Gasteiger partial charge in [-0.05, 0) is 55.5 Å². The normalized spacial score (nSPS) is 11.1. The largest absolute Gasteiger partial charge is 0.493 e. The van der Waals surface area contributed by atoms with E-state index in [1.165, 1.54) is 0 Å². The lowest BCUT2D eigenvalue weighted by atomic mass is 10.2.